The summed E-state index contributed by atoms with van der Waals surface area (Å²) in [6, 6.07) is 12.6. The molecular weight excluding hydrogens is 1010 g/mol. The van der Waals surface area contributed by atoms with Crippen molar-refractivity contribution in [3.05, 3.63) is 60.2 Å². The van der Waals surface area contributed by atoms with Gasteiger partial charge in [-0.25, -0.2) is 14.4 Å². The second-order valence-electron chi connectivity index (χ2n) is 19.7. The predicted molar refractivity (Wildman–Crippen MR) is 278 cm³/mol. The van der Waals surface area contributed by atoms with Crippen LogP contribution in [0, 0.1) is 23.7 Å². The summed E-state index contributed by atoms with van der Waals surface area (Å²) in [5.74, 6) is -8.99. The van der Waals surface area contributed by atoms with Crippen LogP contribution in [0.15, 0.2) is 54.6 Å². The molecule has 25 nitrogen and oxygen atoms in total. The number of carbonyl (C=O) groups is 10. The Bertz CT molecular complexity index is 2520. The molecular formula is C52H71N9O16. The Kier molecular flexibility index (Phi) is 23.8. The van der Waals surface area contributed by atoms with E-state index in [0.717, 1.165) is 27.1 Å². The second-order valence-corrected chi connectivity index (χ2v) is 19.7. The van der Waals surface area contributed by atoms with Crippen molar-refractivity contribution in [1.29, 1.82) is 0 Å². The number of benzene rings is 3. The summed E-state index contributed by atoms with van der Waals surface area (Å²) in [5.41, 5.74) is 0.873. The first-order chi connectivity index (χ1) is 36.8. The number of urea groups is 1. The van der Waals surface area contributed by atoms with Crippen LogP contribution in [-0.2, 0) is 49.6 Å². The molecule has 5 atom stereocenters. The van der Waals surface area contributed by atoms with Gasteiger partial charge in [-0.3, -0.25) is 43.4 Å². The van der Waals surface area contributed by atoms with E-state index in [9.17, 15) is 68.4 Å². The quantitative estimate of drug-likeness (QED) is 0.0276. The molecule has 2 aliphatic rings. The maximum absolute atomic E-state index is 14.2. The molecule has 13 N–H and O–H groups in total. The van der Waals surface area contributed by atoms with Gasteiger partial charge >= 0.3 is 41.8 Å². The largest absolute Gasteiger partial charge is 0.481 e. The van der Waals surface area contributed by atoms with E-state index in [-0.39, 0.29) is 114 Å². The van der Waals surface area contributed by atoms with Crippen molar-refractivity contribution < 1.29 is 78.6 Å². The van der Waals surface area contributed by atoms with Crippen molar-refractivity contribution in [2.75, 3.05) is 78.5 Å². The third kappa shape index (κ3) is 20.9. The van der Waals surface area contributed by atoms with Gasteiger partial charge in [0.05, 0.1) is 26.2 Å². The van der Waals surface area contributed by atoms with Crippen LogP contribution in [0.5, 0.6) is 0 Å². The van der Waals surface area contributed by atoms with Crippen LogP contribution < -0.4 is 37.2 Å². The van der Waals surface area contributed by atoms with Crippen molar-refractivity contribution in [1.82, 2.24) is 47.0 Å². The molecule has 0 aliphatic heterocycles. The zero-order chi connectivity index (χ0) is 56.0. The minimum Gasteiger partial charge on any atom is -0.481 e. The number of carboxylic acids is 6. The molecule has 2 aliphatic carbocycles. The molecule has 3 aromatic carbocycles. The fourth-order valence-corrected chi connectivity index (χ4v) is 9.67. The number of hydrogen-bond acceptors (Lipinski definition) is 14. The van der Waals surface area contributed by atoms with Crippen LogP contribution in [0.25, 0.3) is 21.5 Å². The zero-order valence-electron chi connectivity index (χ0n) is 42.7. The topological polar surface area (TPSA) is 383 Å². The first kappa shape index (κ1) is 60.4. The minimum atomic E-state index is -1.55. The third-order valence-electron chi connectivity index (χ3n) is 14.0. The number of nitrogens with one attached hydrogen (secondary N) is 7. The SMILES string of the molecule is O=C(O)CC[C@H](NC(=O)N[C@@H](CC1C[C@H]1CNC(=O)[C@H](Cc1c2ccccc2cc2ccccc12)NC(=O)C1CCC(CNC(=O)CNCCN(CCN(CCNCC(=O)O)CC(=O)O)CC(=O)O)CC1)C(=O)O)C(=O)O. The Morgan fingerprint density at radius 2 is 1.13 bits per heavy atom. The average Bonchev–Trinajstić information content (AvgIpc) is 4.16. The highest BCUT2D eigenvalue weighted by atomic mass is 16.4. The van der Waals surface area contributed by atoms with Crippen LogP contribution in [-0.4, -0.2) is 197 Å². The molecule has 3 aromatic rings. The van der Waals surface area contributed by atoms with Gasteiger partial charge in [-0.15, -0.1) is 0 Å². The highest BCUT2D eigenvalue weighted by Crippen LogP contribution is 2.41. The van der Waals surface area contributed by atoms with Gasteiger partial charge in [-0.2, -0.15) is 0 Å². The standard InChI is InChI=1S/C52H71N9O16/c62-43(27-53-15-17-60(29-46(67)68)19-20-61(30-47(69)70)18-16-54-28-45(65)66)55-25-31-9-11-32(12-10-31)48(71)57-41(24-39-37-7-3-1-5-33(37)21-34-6-2-4-8-38(34)39)49(72)56-26-36-22-35(36)23-42(51(75)76)59-52(77)58-40(50(73)74)13-14-44(63)64/h1-8,21,31-32,35-36,40-42,53-54H,9-20,22-30H2,(H,55,62)(H,56,72)(H,57,71)(H,63,64)(H,65,66)(H,67,68)(H,69,70)(H,73,74)(H,75,76)(H2,58,59,77)/t31?,32?,35?,36-,40-,41-,42-/m0/s1. The van der Waals surface area contributed by atoms with Gasteiger partial charge in [-0.05, 0) is 95.9 Å². The Morgan fingerprint density at radius 1 is 0.571 bits per heavy atom. The number of rotatable bonds is 35. The third-order valence-corrected chi connectivity index (χ3v) is 14.0. The average molecular weight is 1080 g/mol. The molecule has 0 saturated heterocycles. The molecule has 25 heteroatoms. The molecule has 77 heavy (non-hydrogen) atoms. The summed E-state index contributed by atoms with van der Waals surface area (Å²) in [5, 5.41) is 78.6. The van der Waals surface area contributed by atoms with Crippen molar-refractivity contribution in [3.8, 4) is 0 Å². The Balaban J connectivity index is 1.12. The van der Waals surface area contributed by atoms with Crippen molar-refractivity contribution in [2.24, 2.45) is 23.7 Å². The molecule has 2 fully saturated rings. The summed E-state index contributed by atoms with van der Waals surface area (Å²) in [6.45, 7) is 0.998. The Labute approximate surface area is 443 Å². The van der Waals surface area contributed by atoms with Gasteiger partial charge in [0.15, 0.2) is 0 Å². The number of carbonyl (C=O) groups excluding carboxylic acids is 4. The fourth-order valence-electron chi connectivity index (χ4n) is 9.67. The van der Waals surface area contributed by atoms with Gasteiger partial charge in [-0.1, -0.05) is 48.5 Å². The molecule has 0 radical (unpaired) electrons. The summed E-state index contributed by atoms with van der Waals surface area (Å²) in [7, 11) is 0. The first-order valence-electron chi connectivity index (χ1n) is 25.8. The van der Waals surface area contributed by atoms with Crippen molar-refractivity contribution in [2.45, 2.75) is 75.9 Å². The van der Waals surface area contributed by atoms with E-state index in [1.54, 1.807) is 9.80 Å². The van der Waals surface area contributed by atoms with E-state index in [4.69, 9.17) is 10.2 Å². The van der Waals surface area contributed by atoms with Crippen LogP contribution in [0.1, 0.15) is 56.9 Å². The van der Waals surface area contributed by atoms with Gasteiger partial charge in [0, 0.05) is 71.1 Å². The summed E-state index contributed by atoms with van der Waals surface area (Å²) < 4.78 is 0. The highest BCUT2D eigenvalue weighted by molar-refractivity contribution is 6.03. The molecule has 0 aromatic heterocycles. The van der Waals surface area contributed by atoms with E-state index >= 15 is 0 Å². The maximum Gasteiger partial charge on any atom is 0.326 e. The van der Waals surface area contributed by atoms with E-state index < -0.39 is 84.6 Å². The lowest BCUT2D eigenvalue weighted by molar-refractivity contribution is -0.141. The van der Waals surface area contributed by atoms with Crippen LogP contribution in [0.3, 0.4) is 0 Å². The van der Waals surface area contributed by atoms with Gasteiger partial charge in [0.1, 0.15) is 18.1 Å². The second kappa shape index (κ2) is 30.3. The lowest BCUT2D eigenvalue weighted by atomic mass is 9.81. The van der Waals surface area contributed by atoms with Gasteiger partial charge < -0.3 is 67.9 Å². The number of amides is 5. The molecule has 0 heterocycles. The Hall–Kier alpha value is -7.48. The number of hydrogen-bond donors (Lipinski definition) is 13. The minimum absolute atomic E-state index is 0.0170. The normalized spacial score (nSPS) is 18.2. The van der Waals surface area contributed by atoms with Gasteiger partial charge in [0.2, 0.25) is 17.7 Å². The number of nitrogens with zero attached hydrogens (tertiary/aromatic N) is 2. The molecule has 2 saturated carbocycles. The smallest absolute Gasteiger partial charge is 0.326 e. The first-order valence-corrected chi connectivity index (χ1v) is 25.8. The number of carboxylic acid groups (broad SMARTS) is 6. The molecule has 0 bridgehead atoms. The molecule has 420 valence electrons. The number of aliphatic carboxylic acids is 6. The maximum atomic E-state index is 14.2. The van der Waals surface area contributed by atoms with E-state index in [1.165, 1.54) is 0 Å². The van der Waals surface area contributed by atoms with E-state index in [0.29, 0.717) is 38.6 Å². The highest BCUT2D eigenvalue weighted by Gasteiger charge is 2.41. The monoisotopic (exact) mass is 1080 g/mol. The van der Waals surface area contributed by atoms with Crippen LogP contribution in [0.2, 0.25) is 0 Å². The number of fused-ring (bicyclic) bond motifs is 2. The van der Waals surface area contributed by atoms with Crippen molar-refractivity contribution in [3.63, 3.8) is 0 Å². The predicted octanol–water partition coefficient (Wildman–Crippen LogP) is 0.193. The fraction of sp³-hybridized carbons (Fsp3) is 0.538. The molecule has 1 unspecified atom stereocenters. The zero-order valence-corrected chi connectivity index (χ0v) is 42.7. The van der Waals surface area contributed by atoms with Crippen LogP contribution in [0.4, 0.5) is 4.79 Å². The lowest BCUT2D eigenvalue weighted by Gasteiger charge is -2.29. The summed E-state index contributed by atoms with van der Waals surface area (Å²) >= 11 is 0. The molecule has 5 rings (SSSR count). The summed E-state index contributed by atoms with van der Waals surface area (Å²) in [4.78, 5) is 125. The van der Waals surface area contributed by atoms with Gasteiger partial charge in [0.25, 0.3) is 0 Å². The van der Waals surface area contributed by atoms with Crippen molar-refractivity contribution >= 4 is 81.1 Å². The summed E-state index contributed by atoms with van der Waals surface area (Å²) in [6.07, 6.45) is 2.03. The lowest BCUT2D eigenvalue weighted by Crippen LogP contribution is -2.51. The van der Waals surface area contributed by atoms with Crippen LogP contribution >= 0.6 is 0 Å². The molecule has 5 amide bonds. The Morgan fingerprint density at radius 3 is 1.68 bits per heavy atom. The van der Waals surface area contributed by atoms with E-state index in [1.807, 2.05) is 48.5 Å². The van der Waals surface area contributed by atoms with E-state index in [2.05, 4.69) is 43.3 Å². The molecule has 0 spiro atoms.